The molecule has 3 rings (SSSR count). The molecule has 0 saturated heterocycles. The highest BCUT2D eigenvalue weighted by atomic mass is 32.1. The zero-order valence-corrected chi connectivity index (χ0v) is 14.6. The minimum Gasteiger partial charge on any atom is -0.496 e. The lowest BCUT2D eigenvalue weighted by molar-refractivity contribution is 0.409. The van der Waals surface area contributed by atoms with E-state index in [9.17, 15) is 4.39 Å². The summed E-state index contributed by atoms with van der Waals surface area (Å²) in [6, 6.07) is 10.3. The van der Waals surface area contributed by atoms with Crippen molar-refractivity contribution in [3.05, 3.63) is 53.6 Å². The second kappa shape index (κ2) is 6.57. The molecule has 1 aromatic heterocycles. The number of imidazole rings is 1. The summed E-state index contributed by atoms with van der Waals surface area (Å²) in [5.41, 5.74) is 3.49. The minimum atomic E-state index is -0.307. The maximum absolute atomic E-state index is 13.5. The SMILES string of the molecule is COc1ccc(F)cc1CC(=S)Nc1cccc2nc(C)n(C)c12. The number of anilines is 1. The summed E-state index contributed by atoms with van der Waals surface area (Å²) in [4.78, 5) is 5.10. The van der Waals surface area contributed by atoms with Gasteiger partial charge in [-0.2, -0.15) is 0 Å². The molecular weight excluding hydrogens is 325 g/mol. The van der Waals surface area contributed by atoms with Crippen molar-refractivity contribution in [1.29, 1.82) is 0 Å². The van der Waals surface area contributed by atoms with Crippen molar-refractivity contribution in [2.24, 2.45) is 7.05 Å². The van der Waals surface area contributed by atoms with E-state index in [0.29, 0.717) is 22.7 Å². The molecule has 0 aliphatic carbocycles. The van der Waals surface area contributed by atoms with Crippen molar-refractivity contribution in [2.45, 2.75) is 13.3 Å². The lowest BCUT2D eigenvalue weighted by atomic mass is 10.1. The number of aromatic nitrogens is 2. The molecule has 1 N–H and O–H groups in total. The number of benzene rings is 2. The van der Waals surface area contributed by atoms with E-state index in [1.807, 2.05) is 36.7 Å². The van der Waals surface area contributed by atoms with Crippen LogP contribution in [-0.2, 0) is 13.5 Å². The molecule has 0 saturated carbocycles. The van der Waals surface area contributed by atoms with Crippen molar-refractivity contribution in [3.8, 4) is 5.75 Å². The summed E-state index contributed by atoms with van der Waals surface area (Å²) in [5, 5.41) is 3.25. The van der Waals surface area contributed by atoms with E-state index in [-0.39, 0.29) is 5.82 Å². The highest BCUT2D eigenvalue weighted by Crippen LogP contribution is 2.25. The Hall–Kier alpha value is -2.47. The van der Waals surface area contributed by atoms with Gasteiger partial charge in [0, 0.05) is 19.0 Å². The monoisotopic (exact) mass is 343 g/mol. The molecule has 1 heterocycles. The number of halogens is 1. The van der Waals surface area contributed by atoms with Crippen LogP contribution in [0.15, 0.2) is 36.4 Å². The zero-order valence-electron chi connectivity index (χ0n) is 13.8. The highest BCUT2D eigenvalue weighted by Gasteiger charge is 2.12. The van der Waals surface area contributed by atoms with E-state index in [1.54, 1.807) is 13.2 Å². The number of rotatable bonds is 4. The molecule has 0 unspecified atom stereocenters. The molecule has 124 valence electrons. The third-order valence-electron chi connectivity index (χ3n) is 3.99. The summed E-state index contributed by atoms with van der Waals surface area (Å²) >= 11 is 5.46. The second-order valence-electron chi connectivity index (χ2n) is 5.57. The third kappa shape index (κ3) is 3.10. The molecule has 0 amide bonds. The molecule has 0 radical (unpaired) electrons. The van der Waals surface area contributed by atoms with E-state index >= 15 is 0 Å². The van der Waals surface area contributed by atoms with Gasteiger partial charge in [-0.25, -0.2) is 9.37 Å². The summed E-state index contributed by atoms with van der Waals surface area (Å²) in [6.07, 6.45) is 0.392. The molecule has 0 fully saturated rings. The van der Waals surface area contributed by atoms with Gasteiger partial charge < -0.3 is 14.6 Å². The first-order chi connectivity index (χ1) is 11.5. The number of hydrogen-bond donors (Lipinski definition) is 1. The predicted molar refractivity (Wildman–Crippen MR) is 98.3 cm³/mol. The Balaban J connectivity index is 1.87. The van der Waals surface area contributed by atoms with Crippen LogP contribution in [0.25, 0.3) is 11.0 Å². The molecule has 0 aliphatic heterocycles. The fourth-order valence-electron chi connectivity index (χ4n) is 2.74. The minimum absolute atomic E-state index is 0.307. The van der Waals surface area contributed by atoms with Crippen LogP contribution < -0.4 is 10.1 Å². The summed E-state index contributed by atoms with van der Waals surface area (Å²) in [5.74, 6) is 1.24. The predicted octanol–water partition coefficient (Wildman–Crippen LogP) is 4.01. The number of aryl methyl sites for hydroxylation is 2. The van der Waals surface area contributed by atoms with E-state index in [0.717, 1.165) is 22.5 Å². The van der Waals surface area contributed by atoms with Gasteiger partial charge in [-0.1, -0.05) is 18.3 Å². The van der Waals surface area contributed by atoms with Crippen LogP contribution in [-0.4, -0.2) is 21.6 Å². The Bertz CT molecular complexity index is 920. The van der Waals surface area contributed by atoms with Crippen LogP contribution in [0.3, 0.4) is 0 Å². The third-order valence-corrected chi connectivity index (χ3v) is 4.23. The molecule has 0 bridgehead atoms. The average molecular weight is 343 g/mol. The van der Waals surface area contributed by atoms with Crippen molar-refractivity contribution < 1.29 is 9.13 Å². The van der Waals surface area contributed by atoms with Gasteiger partial charge in [-0.3, -0.25) is 0 Å². The van der Waals surface area contributed by atoms with Gasteiger partial charge in [0.1, 0.15) is 17.4 Å². The Morgan fingerprint density at radius 2 is 2.12 bits per heavy atom. The van der Waals surface area contributed by atoms with E-state index in [4.69, 9.17) is 17.0 Å². The number of nitrogens with zero attached hydrogens (tertiary/aromatic N) is 2. The van der Waals surface area contributed by atoms with Crippen molar-refractivity contribution in [2.75, 3.05) is 12.4 Å². The first kappa shape index (κ1) is 16.4. The molecule has 6 heteroatoms. The van der Waals surface area contributed by atoms with Gasteiger partial charge >= 0.3 is 0 Å². The summed E-state index contributed by atoms with van der Waals surface area (Å²) < 4.78 is 20.8. The Morgan fingerprint density at radius 1 is 1.33 bits per heavy atom. The smallest absolute Gasteiger partial charge is 0.123 e. The van der Waals surface area contributed by atoms with Gasteiger partial charge in [-0.15, -0.1) is 0 Å². The van der Waals surface area contributed by atoms with Gasteiger partial charge in [0.2, 0.25) is 0 Å². The number of nitrogens with one attached hydrogen (secondary N) is 1. The maximum atomic E-state index is 13.5. The second-order valence-corrected chi connectivity index (χ2v) is 6.07. The number of methoxy groups -OCH3 is 1. The van der Waals surface area contributed by atoms with E-state index in [2.05, 4.69) is 10.3 Å². The Morgan fingerprint density at radius 3 is 2.88 bits per heavy atom. The number of thiocarbonyl (C=S) groups is 1. The van der Waals surface area contributed by atoms with Crippen molar-refractivity contribution in [3.63, 3.8) is 0 Å². The summed E-state index contributed by atoms with van der Waals surface area (Å²) in [7, 11) is 3.53. The quantitative estimate of drug-likeness (QED) is 0.727. The molecule has 0 spiro atoms. The van der Waals surface area contributed by atoms with Crippen molar-refractivity contribution >= 4 is 33.9 Å². The topological polar surface area (TPSA) is 39.1 Å². The van der Waals surface area contributed by atoms with E-state index < -0.39 is 0 Å². The molecule has 2 aromatic carbocycles. The van der Waals surface area contributed by atoms with Crippen LogP contribution in [0, 0.1) is 12.7 Å². The molecular formula is C18H18FN3OS. The average Bonchev–Trinajstić information content (AvgIpc) is 2.83. The first-order valence-electron chi connectivity index (χ1n) is 7.54. The van der Waals surface area contributed by atoms with Gasteiger partial charge in [-0.05, 0) is 37.3 Å². The first-order valence-corrected chi connectivity index (χ1v) is 7.94. The maximum Gasteiger partial charge on any atom is 0.123 e. The number of para-hydroxylation sites is 1. The number of hydrogen-bond acceptors (Lipinski definition) is 3. The van der Waals surface area contributed by atoms with Gasteiger partial charge in [0.15, 0.2) is 0 Å². The fraction of sp³-hybridized carbons (Fsp3) is 0.222. The van der Waals surface area contributed by atoms with Gasteiger partial charge in [0.05, 0.1) is 28.8 Å². The fourth-order valence-corrected chi connectivity index (χ4v) is 3.00. The van der Waals surface area contributed by atoms with Crippen molar-refractivity contribution in [1.82, 2.24) is 9.55 Å². The number of fused-ring (bicyclic) bond motifs is 1. The van der Waals surface area contributed by atoms with Crippen LogP contribution in [0.5, 0.6) is 5.75 Å². The molecule has 24 heavy (non-hydrogen) atoms. The van der Waals surface area contributed by atoms with E-state index in [1.165, 1.54) is 12.1 Å². The largest absolute Gasteiger partial charge is 0.496 e. The highest BCUT2D eigenvalue weighted by molar-refractivity contribution is 7.80. The number of ether oxygens (including phenoxy) is 1. The lowest BCUT2D eigenvalue weighted by Crippen LogP contribution is -2.13. The normalized spacial score (nSPS) is 10.8. The molecule has 4 nitrogen and oxygen atoms in total. The summed E-state index contributed by atoms with van der Waals surface area (Å²) in [6.45, 7) is 1.96. The zero-order chi connectivity index (χ0) is 17.3. The lowest BCUT2D eigenvalue weighted by Gasteiger charge is -2.12. The standard InChI is InChI=1S/C18H18FN3OS/c1-11-20-14-5-4-6-15(18(14)22(11)2)21-17(24)10-12-9-13(19)7-8-16(12)23-3/h4-9H,10H2,1-3H3,(H,21,24). The van der Waals surface area contributed by atoms with Crippen LogP contribution in [0.2, 0.25) is 0 Å². The molecule has 3 aromatic rings. The van der Waals surface area contributed by atoms with Crippen LogP contribution in [0.4, 0.5) is 10.1 Å². The Kier molecular flexibility index (Phi) is 4.49. The van der Waals surface area contributed by atoms with Gasteiger partial charge in [0.25, 0.3) is 0 Å². The van der Waals surface area contributed by atoms with Crippen LogP contribution in [0.1, 0.15) is 11.4 Å². The molecule has 0 aliphatic rings. The Labute approximate surface area is 145 Å². The molecule has 0 atom stereocenters. The van der Waals surface area contributed by atoms with Crippen LogP contribution >= 0.6 is 12.2 Å².